The minimum atomic E-state index is -1.05. The van der Waals surface area contributed by atoms with Crippen LogP contribution in [-0.4, -0.2) is 36.4 Å². The average Bonchev–Trinajstić information content (AvgIpc) is 2.51. The molecule has 2 N–H and O–H groups in total. The first-order valence-corrected chi connectivity index (χ1v) is 4.98. The van der Waals surface area contributed by atoms with Crippen molar-refractivity contribution in [3.8, 4) is 0 Å². The second-order valence-electron chi connectivity index (χ2n) is 4.16. The molecular weight excluding hydrogens is 214 g/mol. The van der Waals surface area contributed by atoms with E-state index in [2.05, 4.69) is 0 Å². The summed E-state index contributed by atoms with van der Waals surface area (Å²) in [5.41, 5.74) is -0.953. The fraction of sp³-hybridized carbons (Fsp3) is 0.556. The number of aliphatic hydroxyl groups is 2. The summed E-state index contributed by atoms with van der Waals surface area (Å²) in [4.78, 5) is 23.5. The highest BCUT2D eigenvalue weighted by Crippen LogP contribution is 2.33. The van der Waals surface area contributed by atoms with Crippen molar-refractivity contribution in [3.05, 3.63) is 33.1 Å². The van der Waals surface area contributed by atoms with Crippen LogP contribution in [0.1, 0.15) is 12.1 Å². The molecule has 0 spiro atoms. The molecule has 2 bridgehead atoms. The van der Waals surface area contributed by atoms with Crippen LogP contribution in [0.25, 0.3) is 0 Å². The van der Waals surface area contributed by atoms with E-state index >= 15 is 0 Å². The molecular formula is C9H11N3O4. The third-order valence-corrected chi connectivity index (χ3v) is 3.32. The molecule has 0 aromatic carbocycles. The lowest BCUT2D eigenvalue weighted by atomic mass is 9.90. The first kappa shape index (κ1) is 9.61. The van der Waals surface area contributed by atoms with Crippen LogP contribution in [0.15, 0.2) is 21.7 Å². The first-order valence-electron chi connectivity index (χ1n) is 4.98. The van der Waals surface area contributed by atoms with Gasteiger partial charge in [-0.25, -0.2) is 23.5 Å². The molecule has 3 heterocycles. The van der Waals surface area contributed by atoms with E-state index in [9.17, 15) is 19.8 Å². The highest BCUT2D eigenvalue weighted by molar-refractivity contribution is 5.15. The van der Waals surface area contributed by atoms with Crippen LogP contribution < -0.4 is 11.4 Å². The molecule has 0 unspecified atom stereocenters. The Labute approximate surface area is 89.4 Å². The van der Waals surface area contributed by atoms with Gasteiger partial charge < -0.3 is 10.2 Å². The fourth-order valence-corrected chi connectivity index (χ4v) is 2.43. The van der Waals surface area contributed by atoms with E-state index in [1.54, 1.807) is 12.2 Å². The Balaban J connectivity index is 2.39. The van der Waals surface area contributed by atoms with Gasteiger partial charge in [-0.1, -0.05) is 12.2 Å². The maximum Gasteiger partial charge on any atom is 0.347 e. The molecule has 7 nitrogen and oxygen atoms in total. The molecule has 0 saturated carbocycles. The number of aromatic nitrogens is 3. The zero-order chi connectivity index (χ0) is 11.6. The van der Waals surface area contributed by atoms with Crippen molar-refractivity contribution in [3.63, 3.8) is 0 Å². The summed E-state index contributed by atoms with van der Waals surface area (Å²) in [6.45, 7) is 0. The topological polar surface area (TPSA) is 89.4 Å². The van der Waals surface area contributed by atoms with Crippen molar-refractivity contribution >= 4 is 0 Å². The average molecular weight is 225 g/mol. The molecule has 1 aliphatic carbocycles. The largest absolute Gasteiger partial charge is 0.388 e. The van der Waals surface area contributed by atoms with Gasteiger partial charge in [0, 0.05) is 7.05 Å². The van der Waals surface area contributed by atoms with Crippen molar-refractivity contribution in [1.29, 1.82) is 0 Å². The Morgan fingerprint density at radius 1 is 1.00 bits per heavy atom. The van der Waals surface area contributed by atoms with Crippen LogP contribution in [0.4, 0.5) is 0 Å². The van der Waals surface area contributed by atoms with E-state index in [4.69, 9.17) is 0 Å². The van der Waals surface area contributed by atoms with Crippen LogP contribution >= 0.6 is 0 Å². The maximum absolute atomic E-state index is 11.8. The molecule has 3 aliphatic rings. The van der Waals surface area contributed by atoms with Crippen molar-refractivity contribution < 1.29 is 10.2 Å². The third-order valence-electron chi connectivity index (χ3n) is 3.32. The predicted octanol–water partition coefficient (Wildman–Crippen LogP) is -2.26. The van der Waals surface area contributed by atoms with Crippen LogP contribution in [0, 0.1) is 0 Å². The summed E-state index contributed by atoms with van der Waals surface area (Å²) >= 11 is 0. The van der Waals surface area contributed by atoms with Crippen molar-refractivity contribution in [2.24, 2.45) is 7.05 Å². The van der Waals surface area contributed by atoms with Crippen LogP contribution in [0.3, 0.4) is 0 Å². The SMILES string of the molecule is Cn1c(=O)n2n(c1=O)[C@H]1C=C[C@@H]2[C@H](O)[C@@H]1O. The molecule has 4 rings (SSSR count). The smallest absolute Gasteiger partial charge is 0.347 e. The second kappa shape index (κ2) is 2.74. The van der Waals surface area contributed by atoms with Crippen LogP contribution in [0.5, 0.6) is 0 Å². The number of hydrogen-bond donors (Lipinski definition) is 2. The van der Waals surface area contributed by atoms with Gasteiger partial charge in [0.25, 0.3) is 0 Å². The van der Waals surface area contributed by atoms with Gasteiger partial charge in [-0.2, -0.15) is 0 Å². The molecule has 86 valence electrons. The zero-order valence-electron chi connectivity index (χ0n) is 8.52. The Hall–Kier alpha value is -1.60. The molecule has 2 aliphatic heterocycles. The van der Waals surface area contributed by atoms with E-state index in [-0.39, 0.29) is 0 Å². The molecule has 16 heavy (non-hydrogen) atoms. The summed E-state index contributed by atoms with van der Waals surface area (Å²) in [6.07, 6.45) is 1.19. The second-order valence-corrected chi connectivity index (χ2v) is 4.16. The Kier molecular flexibility index (Phi) is 1.65. The maximum atomic E-state index is 11.8. The molecule has 7 heteroatoms. The number of nitrogens with zero attached hydrogens (tertiary/aromatic N) is 3. The number of fused-ring (bicyclic) bond motifs is 1. The highest BCUT2D eigenvalue weighted by Gasteiger charge is 2.45. The molecule has 0 saturated heterocycles. The molecule has 1 aromatic rings. The minimum Gasteiger partial charge on any atom is -0.388 e. The lowest BCUT2D eigenvalue weighted by Gasteiger charge is -2.40. The number of aliphatic hydroxyl groups excluding tert-OH is 2. The van der Waals surface area contributed by atoms with Crippen LogP contribution in [0.2, 0.25) is 0 Å². The summed E-state index contributed by atoms with van der Waals surface area (Å²) < 4.78 is 3.37. The Morgan fingerprint density at radius 3 is 1.75 bits per heavy atom. The third kappa shape index (κ3) is 0.856. The number of hydrogen-bond acceptors (Lipinski definition) is 4. The summed E-state index contributed by atoms with van der Waals surface area (Å²) in [5.74, 6) is 0. The van der Waals surface area contributed by atoms with E-state index in [1.807, 2.05) is 0 Å². The number of rotatable bonds is 0. The molecule has 4 atom stereocenters. The minimum absolute atomic E-state index is 0.477. The van der Waals surface area contributed by atoms with E-state index < -0.39 is 35.7 Å². The van der Waals surface area contributed by atoms with E-state index in [0.29, 0.717) is 0 Å². The van der Waals surface area contributed by atoms with E-state index in [1.165, 1.54) is 16.4 Å². The normalized spacial score (nSPS) is 35.4. The fourth-order valence-electron chi connectivity index (χ4n) is 2.43. The highest BCUT2D eigenvalue weighted by atomic mass is 16.3. The molecule has 0 radical (unpaired) electrons. The summed E-state index contributed by atoms with van der Waals surface area (Å²) in [6, 6.07) is -1.33. The first-order chi connectivity index (χ1) is 7.54. The van der Waals surface area contributed by atoms with Gasteiger partial charge in [0.05, 0.1) is 0 Å². The lowest BCUT2D eigenvalue weighted by Crippen LogP contribution is -2.54. The van der Waals surface area contributed by atoms with Crippen molar-refractivity contribution in [2.45, 2.75) is 24.3 Å². The molecule has 0 amide bonds. The molecule has 1 aromatic heterocycles. The predicted molar refractivity (Wildman–Crippen MR) is 53.2 cm³/mol. The van der Waals surface area contributed by atoms with Gasteiger partial charge in [0.15, 0.2) is 0 Å². The van der Waals surface area contributed by atoms with Crippen LogP contribution in [-0.2, 0) is 7.05 Å². The van der Waals surface area contributed by atoms with Gasteiger partial charge >= 0.3 is 11.4 Å². The quantitative estimate of drug-likeness (QED) is 0.487. The van der Waals surface area contributed by atoms with Gasteiger partial charge in [-0.3, -0.25) is 0 Å². The van der Waals surface area contributed by atoms with Gasteiger partial charge in [-0.05, 0) is 0 Å². The lowest BCUT2D eigenvalue weighted by molar-refractivity contribution is -0.0646. The van der Waals surface area contributed by atoms with Gasteiger partial charge in [0.2, 0.25) is 0 Å². The monoisotopic (exact) mass is 225 g/mol. The van der Waals surface area contributed by atoms with Gasteiger partial charge in [-0.15, -0.1) is 0 Å². The zero-order valence-corrected chi connectivity index (χ0v) is 8.52. The van der Waals surface area contributed by atoms with Crippen molar-refractivity contribution in [1.82, 2.24) is 13.9 Å². The van der Waals surface area contributed by atoms with Gasteiger partial charge in [0.1, 0.15) is 24.3 Å². The standard InChI is InChI=1S/C9H11N3O4/c1-10-8(15)11-4-2-3-5(7(14)6(4)13)12(11)9(10)16/h2-7,13-14H,1H3/t4-,5+,6+,7-. The summed E-state index contributed by atoms with van der Waals surface area (Å²) in [5, 5.41) is 19.5. The Morgan fingerprint density at radius 2 is 1.38 bits per heavy atom. The van der Waals surface area contributed by atoms with Crippen molar-refractivity contribution in [2.75, 3.05) is 0 Å². The molecule has 0 fully saturated rings. The summed E-state index contributed by atoms with van der Waals surface area (Å²) in [7, 11) is 1.38. The Bertz CT molecular complexity index is 543. The van der Waals surface area contributed by atoms with E-state index in [0.717, 1.165) is 4.57 Å².